The highest BCUT2D eigenvalue weighted by Crippen LogP contribution is 2.35. The van der Waals surface area contributed by atoms with Gasteiger partial charge in [0.25, 0.3) is 0 Å². The van der Waals surface area contributed by atoms with Gasteiger partial charge in [0.1, 0.15) is 5.75 Å². The number of benzene rings is 2. The zero-order chi connectivity index (χ0) is 14.0. The maximum atomic E-state index is 13.9. The Morgan fingerprint density at radius 1 is 1.26 bits per heavy atom. The third kappa shape index (κ3) is 3.06. The molecule has 0 aliphatic heterocycles. The summed E-state index contributed by atoms with van der Waals surface area (Å²) in [5, 5.41) is 0.435. The van der Waals surface area contributed by atoms with Crippen molar-refractivity contribution in [2.24, 2.45) is 5.73 Å². The van der Waals surface area contributed by atoms with E-state index < -0.39 is 5.82 Å². The van der Waals surface area contributed by atoms with E-state index in [0.717, 1.165) is 5.56 Å². The van der Waals surface area contributed by atoms with Gasteiger partial charge in [-0.2, -0.15) is 0 Å². The molecule has 4 heteroatoms. The lowest BCUT2D eigenvalue weighted by molar-refractivity contribution is 0.432. The monoisotopic (exact) mass is 279 g/mol. The van der Waals surface area contributed by atoms with E-state index in [9.17, 15) is 4.39 Å². The van der Waals surface area contributed by atoms with E-state index in [4.69, 9.17) is 22.1 Å². The molecule has 0 amide bonds. The molecule has 0 spiro atoms. The van der Waals surface area contributed by atoms with Gasteiger partial charge in [-0.3, -0.25) is 0 Å². The average Bonchev–Trinajstić information content (AvgIpc) is 2.35. The lowest BCUT2D eigenvalue weighted by Gasteiger charge is -2.15. The Bertz CT molecular complexity index is 599. The van der Waals surface area contributed by atoms with Crippen molar-refractivity contribution < 1.29 is 9.13 Å². The summed E-state index contributed by atoms with van der Waals surface area (Å²) >= 11 is 6.05. The second-order valence-electron chi connectivity index (χ2n) is 4.48. The first-order valence-electron chi connectivity index (χ1n) is 5.97. The van der Waals surface area contributed by atoms with Crippen molar-refractivity contribution in [1.82, 2.24) is 0 Å². The predicted molar refractivity (Wildman–Crippen MR) is 75.3 cm³/mol. The van der Waals surface area contributed by atoms with Crippen LogP contribution in [0.3, 0.4) is 0 Å². The summed E-state index contributed by atoms with van der Waals surface area (Å²) < 4.78 is 19.5. The molecule has 0 unspecified atom stereocenters. The van der Waals surface area contributed by atoms with Crippen LogP contribution in [0.4, 0.5) is 4.39 Å². The molecule has 2 aromatic rings. The normalized spacial score (nSPS) is 12.3. The summed E-state index contributed by atoms with van der Waals surface area (Å²) in [4.78, 5) is 0. The molecule has 1 atom stereocenters. The Hall–Kier alpha value is -1.58. The highest BCUT2D eigenvalue weighted by Gasteiger charge is 2.15. The van der Waals surface area contributed by atoms with E-state index in [-0.39, 0.29) is 11.8 Å². The molecule has 0 aromatic heterocycles. The van der Waals surface area contributed by atoms with Crippen molar-refractivity contribution in [3.8, 4) is 11.5 Å². The van der Waals surface area contributed by atoms with Crippen LogP contribution in [-0.4, -0.2) is 0 Å². The molecule has 2 rings (SSSR count). The predicted octanol–water partition coefficient (Wildman–Crippen LogP) is 4.60. The van der Waals surface area contributed by atoms with Crippen LogP contribution >= 0.6 is 11.6 Å². The van der Waals surface area contributed by atoms with Gasteiger partial charge in [0, 0.05) is 11.6 Å². The molecule has 19 heavy (non-hydrogen) atoms. The molecule has 0 fully saturated rings. The van der Waals surface area contributed by atoms with Gasteiger partial charge in [-0.1, -0.05) is 29.8 Å². The molecule has 2 N–H and O–H groups in total. The number of para-hydroxylation sites is 1. The lowest BCUT2D eigenvalue weighted by atomic mass is 10.1. The summed E-state index contributed by atoms with van der Waals surface area (Å²) in [5.74, 6) is 0.103. The highest BCUT2D eigenvalue weighted by atomic mass is 35.5. The molecule has 0 saturated carbocycles. The molecule has 0 aliphatic rings. The lowest BCUT2D eigenvalue weighted by Crippen LogP contribution is -2.07. The molecule has 0 saturated heterocycles. The second kappa shape index (κ2) is 5.59. The largest absolute Gasteiger partial charge is 0.452 e. The fraction of sp³-hybridized carbons (Fsp3) is 0.200. The quantitative estimate of drug-likeness (QED) is 0.891. The summed E-state index contributed by atoms with van der Waals surface area (Å²) in [5.41, 5.74) is 7.42. The zero-order valence-electron chi connectivity index (χ0n) is 10.8. The van der Waals surface area contributed by atoms with Gasteiger partial charge in [0.15, 0.2) is 11.6 Å². The number of hydrogen-bond donors (Lipinski definition) is 1. The van der Waals surface area contributed by atoms with Gasteiger partial charge in [-0.25, -0.2) is 4.39 Å². The van der Waals surface area contributed by atoms with Crippen LogP contribution in [0.25, 0.3) is 0 Å². The SMILES string of the molecule is Cc1ccc(Cl)c(Oc2c(F)cccc2[C@@H](C)N)c1. The first-order chi connectivity index (χ1) is 8.99. The number of halogens is 2. The second-order valence-corrected chi connectivity index (χ2v) is 4.89. The van der Waals surface area contributed by atoms with Crippen LogP contribution in [0, 0.1) is 12.7 Å². The number of rotatable bonds is 3. The summed E-state index contributed by atoms with van der Waals surface area (Å²) in [6, 6.07) is 9.71. The number of aryl methyl sites for hydroxylation is 1. The van der Waals surface area contributed by atoms with E-state index in [2.05, 4.69) is 0 Å². The van der Waals surface area contributed by atoms with Gasteiger partial charge in [-0.15, -0.1) is 0 Å². The van der Waals surface area contributed by atoms with Crippen LogP contribution in [-0.2, 0) is 0 Å². The van der Waals surface area contributed by atoms with Crippen molar-refractivity contribution >= 4 is 11.6 Å². The van der Waals surface area contributed by atoms with Gasteiger partial charge in [-0.05, 0) is 37.6 Å². The third-order valence-corrected chi connectivity index (χ3v) is 3.10. The van der Waals surface area contributed by atoms with Crippen molar-refractivity contribution in [2.45, 2.75) is 19.9 Å². The van der Waals surface area contributed by atoms with Crippen molar-refractivity contribution in [2.75, 3.05) is 0 Å². The van der Waals surface area contributed by atoms with E-state index in [0.29, 0.717) is 16.3 Å². The maximum absolute atomic E-state index is 13.9. The smallest absolute Gasteiger partial charge is 0.167 e. The van der Waals surface area contributed by atoms with Gasteiger partial charge in [0.05, 0.1) is 5.02 Å². The van der Waals surface area contributed by atoms with Crippen LogP contribution in [0.5, 0.6) is 11.5 Å². The molecular weight excluding hydrogens is 265 g/mol. The fourth-order valence-electron chi connectivity index (χ4n) is 1.79. The van der Waals surface area contributed by atoms with E-state index >= 15 is 0 Å². The van der Waals surface area contributed by atoms with Gasteiger partial charge in [0.2, 0.25) is 0 Å². The standard InChI is InChI=1S/C15H15ClFNO/c1-9-6-7-12(16)14(8-9)19-15-11(10(2)18)4-3-5-13(15)17/h3-8,10H,18H2,1-2H3/t10-/m1/s1. The Morgan fingerprint density at radius 2 is 2.00 bits per heavy atom. The molecule has 2 aromatic carbocycles. The average molecular weight is 280 g/mol. The van der Waals surface area contributed by atoms with Crippen LogP contribution in [0.1, 0.15) is 24.1 Å². The number of nitrogens with two attached hydrogens (primary N) is 1. The number of hydrogen-bond acceptors (Lipinski definition) is 2. The summed E-state index contributed by atoms with van der Waals surface area (Å²) in [6.07, 6.45) is 0. The van der Waals surface area contributed by atoms with Crippen LogP contribution < -0.4 is 10.5 Å². The number of ether oxygens (including phenoxy) is 1. The molecule has 0 aliphatic carbocycles. The Kier molecular flexibility index (Phi) is 4.08. The molecule has 0 heterocycles. The zero-order valence-corrected chi connectivity index (χ0v) is 11.5. The van der Waals surface area contributed by atoms with Gasteiger partial charge >= 0.3 is 0 Å². The minimum absolute atomic E-state index is 0.130. The van der Waals surface area contributed by atoms with Crippen molar-refractivity contribution in [3.63, 3.8) is 0 Å². The first kappa shape index (κ1) is 13.8. The van der Waals surface area contributed by atoms with Crippen molar-refractivity contribution in [1.29, 1.82) is 0 Å². The van der Waals surface area contributed by atoms with E-state index in [1.165, 1.54) is 6.07 Å². The minimum atomic E-state index is -0.452. The molecule has 0 bridgehead atoms. The molecular formula is C15H15ClFNO. The Labute approximate surface area is 117 Å². The van der Waals surface area contributed by atoms with Gasteiger partial charge < -0.3 is 10.5 Å². The molecule has 0 radical (unpaired) electrons. The van der Waals surface area contributed by atoms with Crippen molar-refractivity contribution in [3.05, 3.63) is 58.4 Å². The van der Waals surface area contributed by atoms with E-state index in [1.807, 2.05) is 13.0 Å². The molecule has 100 valence electrons. The third-order valence-electron chi connectivity index (χ3n) is 2.79. The summed E-state index contributed by atoms with van der Waals surface area (Å²) in [6.45, 7) is 3.69. The highest BCUT2D eigenvalue weighted by molar-refractivity contribution is 6.32. The molecule has 2 nitrogen and oxygen atoms in total. The Balaban J connectivity index is 2.46. The van der Waals surface area contributed by atoms with Crippen LogP contribution in [0.15, 0.2) is 36.4 Å². The summed E-state index contributed by atoms with van der Waals surface area (Å²) in [7, 11) is 0. The van der Waals surface area contributed by atoms with Crippen LogP contribution in [0.2, 0.25) is 5.02 Å². The maximum Gasteiger partial charge on any atom is 0.167 e. The topological polar surface area (TPSA) is 35.2 Å². The Morgan fingerprint density at radius 3 is 2.68 bits per heavy atom. The fourth-order valence-corrected chi connectivity index (χ4v) is 1.95. The minimum Gasteiger partial charge on any atom is -0.452 e. The van der Waals surface area contributed by atoms with E-state index in [1.54, 1.807) is 31.2 Å². The first-order valence-corrected chi connectivity index (χ1v) is 6.35.